The van der Waals surface area contributed by atoms with E-state index in [4.69, 9.17) is 4.74 Å². The van der Waals surface area contributed by atoms with E-state index in [1.165, 1.54) is 18.9 Å². The molecule has 0 fully saturated rings. The van der Waals surface area contributed by atoms with Crippen molar-refractivity contribution in [3.63, 3.8) is 0 Å². The highest BCUT2D eigenvalue weighted by Gasteiger charge is 2.24. The van der Waals surface area contributed by atoms with Crippen LogP contribution < -0.4 is 10.6 Å². The van der Waals surface area contributed by atoms with Crippen molar-refractivity contribution in [2.24, 2.45) is 5.92 Å². The maximum atomic E-state index is 12.3. The fourth-order valence-corrected chi connectivity index (χ4v) is 3.73. The van der Waals surface area contributed by atoms with E-state index >= 15 is 0 Å². The normalized spacial score (nSPS) is 11.9. The number of thioether (sulfide) groups is 1. The minimum atomic E-state index is -0.548. The molecule has 0 bridgehead atoms. The van der Waals surface area contributed by atoms with E-state index in [-0.39, 0.29) is 24.3 Å². The third-order valence-electron chi connectivity index (χ3n) is 4.62. The number of hydrogen-bond acceptors (Lipinski definition) is 7. The summed E-state index contributed by atoms with van der Waals surface area (Å²) < 4.78 is 4.93. The number of para-hydroxylation sites is 1. The number of carbonyl (C=O) groups excluding carboxylic acids is 2. The van der Waals surface area contributed by atoms with Crippen LogP contribution in [0.3, 0.4) is 0 Å². The van der Waals surface area contributed by atoms with Crippen LogP contribution in [0.1, 0.15) is 19.7 Å². The third-order valence-corrected chi connectivity index (χ3v) is 5.63. The molecule has 3 rings (SSSR count). The number of rotatable bonds is 9. The number of carbonyl (C=O) groups is 2. The van der Waals surface area contributed by atoms with Crippen LogP contribution in [-0.2, 0) is 20.9 Å². The Balaban J connectivity index is 1.73. The van der Waals surface area contributed by atoms with Gasteiger partial charge < -0.3 is 15.4 Å². The number of nitrogens with one attached hydrogen (secondary N) is 2. The van der Waals surface area contributed by atoms with Crippen LogP contribution in [0.2, 0.25) is 0 Å². The zero-order chi connectivity index (χ0) is 22.2. The highest BCUT2D eigenvalue weighted by atomic mass is 32.2. The zero-order valence-electron chi connectivity index (χ0n) is 17.8. The Bertz CT molecular complexity index is 1040. The molecular weight excluding hydrogens is 412 g/mol. The van der Waals surface area contributed by atoms with Gasteiger partial charge in [0.25, 0.3) is 0 Å². The lowest BCUT2D eigenvalue weighted by atomic mass is 10.0. The summed E-state index contributed by atoms with van der Waals surface area (Å²) >= 11 is 1.47. The lowest BCUT2D eigenvalue weighted by Gasteiger charge is -2.21. The number of aromatic nitrogens is 2. The Morgan fingerprint density at radius 1 is 1.03 bits per heavy atom. The van der Waals surface area contributed by atoms with Crippen LogP contribution in [0, 0.1) is 5.92 Å². The van der Waals surface area contributed by atoms with Crippen LogP contribution >= 0.6 is 11.8 Å². The summed E-state index contributed by atoms with van der Waals surface area (Å²) in [6.07, 6.45) is 0. The number of amides is 1. The molecule has 31 heavy (non-hydrogen) atoms. The van der Waals surface area contributed by atoms with Gasteiger partial charge in [-0.1, -0.05) is 44.2 Å². The van der Waals surface area contributed by atoms with E-state index in [9.17, 15) is 9.59 Å². The van der Waals surface area contributed by atoms with Gasteiger partial charge in [-0.15, -0.1) is 11.8 Å². The van der Waals surface area contributed by atoms with E-state index in [0.717, 1.165) is 15.8 Å². The van der Waals surface area contributed by atoms with Crippen LogP contribution in [-0.4, -0.2) is 40.7 Å². The molecule has 0 aliphatic heterocycles. The van der Waals surface area contributed by atoms with Crippen molar-refractivity contribution < 1.29 is 14.3 Å². The number of hydrogen-bond donors (Lipinski definition) is 2. The number of methoxy groups -OCH3 is 1. The average Bonchev–Trinajstić information content (AvgIpc) is 2.79. The first-order valence-electron chi connectivity index (χ1n) is 10.0. The quantitative estimate of drug-likeness (QED) is 0.389. The molecule has 0 spiro atoms. The summed E-state index contributed by atoms with van der Waals surface area (Å²) in [6, 6.07) is 16.8. The summed E-state index contributed by atoms with van der Waals surface area (Å²) in [5.41, 5.74) is 0.732. The van der Waals surface area contributed by atoms with Gasteiger partial charge in [-0.3, -0.25) is 4.79 Å². The first-order chi connectivity index (χ1) is 15.0. The van der Waals surface area contributed by atoms with Crippen molar-refractivity contribution in [3.05, 3.63) is 60.4 Å². The van der Waals surface area contributed by atoms with Crippen molar-refractivity contribution in [3.8, 4) is 0 Å². The molecule has 0 saturated heterocycles. The zero-order valence-corrected chi connectivity index (χ0v) is 18.6. The molecule has 162 valence electrons. The standard InChI is InChI=1S/C23H26N4O3S/c1-15(2)21(23(29)30-3)27-22-17-11-7-8-12-18(17)25-19(26-22)13-24-20(28)14-31-16-9-5-4-6-10-16/h4-12,15,21H,13-14H2,1-3H3,(H,24,28)(H,25,26,27)/t21-/m0/s1. The minimum Gasteiger partial charge on any atom is -0.467 e. The Morgan fingerprint density at radius 2 is 1.74 bits per heavy atom. The Kier molecular flexibility index (Phi) is 7.83. The fourth-order valence-electron chi connectivity index (χ4n) is 2.98. The van der Waals surface area contributed by atoms with Gasteiger partial charge in [0.1, 0.15) is 11.9 Å². The van der Waals surface area contributed by atoms with Crippen molar-refractivity contribution in [2.45, 2.75) is 31.3 Å². The maximum Gasteiger partial charge on any atom is 0.328 e. The predicted octanol–water partition coefficient (Wildman–Crippen LogP) is 3.65. The largest absolute Gasteiger partial charge is 0.467 e. The molecule has 1 aromatic heterocycles. The van der Waals surface area contributed by atoms with Gasteiger partial charge in [-0.25, -0.2) is 14.8 Å². The van der Waals surface area contributed by atoms with Gasteiger partial charge in [0.2, 0.25) is 5.91 Å². The highest BCUT2D eigenvalue weighted by Crippen LogP contribution is 2.23. The topological polar surface area (TPSA) is 93.2 Å². The second-order valence-electron chi connectivity index (χ2n) is 7.27. The minimum absolute atomic E-state index is 0.000610. The molecule has 3 aromatic rings. The summed E-state index contributed by atoms with van der Waals surface area (Å²) in [7, 11) is 1.37. The van der Waals surface area contributed by atoms with Crippen LogP contribution in [0.4, 0.5) is 5.82 Å². The van der Waals surface area contributed by atoms with Gasteiger partial charge in [0.15, 0.2) is 5.82 Å². The number of fused-ring (bicyclic) bond motifs is 1. The Hall–Kier alpha value is -3.13. The van der Waals surface area contributed by atoms with Crippen LogP contribution in [0.15, 0.2) is 59.5 Å². The molecule has 0 saturated carbocycles. The lowest BCUT2D eigenvalue weighted by Crippen LogP contribution is -2.36. The van der Waals surface area contributed by atoms with Gasteiger partial charge in [0, 0.05) is 10.3 Å². The first kappa shape index (κ1) is 22.6. The maximum absolute atomic E-state index is 12.3. The van der Waals surface area contributed by atoms with E-state index in [1.54, 1.807) is 0 Å². The number of anilines is 1. The highest BCUT2D eigenvalue weighted by molar-refractivity contribution is 8.00. The summed E-state index contributed by atoms with van der Waals surface area (Å²) in [5, 5.41) is 6.87. The molecule has 2 N–H and O–H groups in total. The molecule has 0 aliphatic rings. The smallest absolute Gasteiger partial charge is 0.328 e. The van der Waals surface area contributed by atoms with Gasteiger partial charge in [-0.05, 0) is 30.2 Å². The van der Waals surface area contributed by atoms with Gasteiger partial charge >= 0.3 is 5.97 Å². The summed E-state index contributed by atoms with van der Waals surface area (Å²) in [4.78, 5) is 34.6. The molecule has 1 amide bonds. The molecule has 0 unspecified atom stereocenters. The monoisotopic (exact) mass is 438 g/mol. The SMILES string of the molecule is COC(=O)[C@@H](Nc1nc(CNC(=O)CSc2ccccc2)nc2ccccc12)C(C)C. The first-order valence-corrected chi connectivity index (χ1v) is 11.0. The van der Waals surface area contributed by atoms with Crippen molar-refractivity contribution in [1.82, 2.24) is 15.3 Å². The molecule has 2 aromatic carbocycles. The molecule has 1 atom stereocenters. The number of esters is 1. The number of benzene rings is 2. The van der Waals surface area contributed by atoms with Crippen molar-refractivity contribution >= 4 is 40.4 Å². The van der Waals surface area contributed by atoms with E-state index < -0.39 is 6.04 Å². The predicted molar refractivity (Wildman–Crippen MR) is 123 cm³/mol. The molecule has 7 nitrogen and oxygen atoms in total. The summed E-state index contributed by atoms with van der Waals surface area (Å²) in [6.45, 7) is 4.06. The molecule has 8 heteroatoms. The summed E-state index contributed by atoms with van der Waals surface area (Å²) in [5.74, 6) is 0.851. The van der Waals surface area contributed by atoms with Gasteiger partial charge in [0.05, 0.1) is 24.9 Å². The Morgan fingerprint density at radius 3 is 2.45 bits per heavy atom. The second kappa shape index (κ2) is 10.8. The Labute approximate surface area is 186 Å². The molecule has 0 aliphatic carbocycles. The average molecular weight is 439 g/mol. The van der Waals surface area contributed by atoms with E-state index in [2.05, 4.69) is 20.6 Å². The van der Waals surface area contributed by atoms with Crippen molar-refractivity contribution in [1.29, 1.82) is 0 Å². The number of ether oxygens (including phenoxy) is 1. The van der Waals surface area contributed by atoms with E-state index in [0.29, 0.717) is 17.4 Å². The molecular formula is C23H26N4O3S. The number of nitrogens with zero attached hydrogens (tertiary/aromatic N) is 2. The third kappa shape index (κ3) is 6.18. The van der Waals surface area contributed by atoms with Crippen LogP contribution in [0.5, 0.6) is 0 Å². The van der Waals surface area contributed by atoms with Gasteiger partial charge in [-0.2, -0.15) is 0 Å². The molecule has 1 heterocycles. The van der Waals surface area contributed by atoms with Crippen molar-refractivity contribution in [2.75, 3.05) is 18.2 Å². The molecule has 0 radical (unpaired) electrons. The van der Waals surface area contributed by atoms with E-state index in [1.807, 2.05) is 68.4 Å². The second-order valence-corrected chi connectivity index (χ2v) is 8.32. The van der Waals surface area contributed by atoms with Crippen LogP contribution in [0.25, 0.3) is 10.9 Å². The lowest BCUT2D eigenvalue weighted by molar-refractivity contribution is -0.142. The fraction of sp³-hybridized carbons (Fsp3) is 0.304.